The molecule has 0 aromatic heterocycles. The fourth-order valence-electron chi connectivity index (χ4n) is 4.16. The lowest BCUT2D eigenvalue weighted by atomic mass is 9.60. The van der Waals surface area contributed by atoms with Gasteiger partial charge in [0.05, 0.1) is 12.5 Å². The maximum atomic E-state index is 11.9. The van der Waals surface area contributed by atoms with E-state index >= 15 is 0 Å². The lowest BCUT2D eigenvalue weighted by Crippen LogP contribution is -2.64. The van der Waals surface area contributed by atoms with Crippen LogP contribution in [0.4, 0.5) is 0 Å². The fourth-order valence-corrected chi connectivity index (χ4v) is 4.16. The summed E-state index contributed by atoms with van der Waals surface area (Å²) >= 11 is 0. The Morgan fingerprint density at radius 3 is 2.50 bits per heavy atom. The molecule has 0 aromatic rings. The van der Waals surface area contributed by atoms with Gasteiger partial charge in [-0.3, -0.25) is 4.79 Å². The van der Waals surface area contributed by atoms with Crippen molar-refractivity contribution in [2.75, 3.05) is 6.61 Å². The van der Waals surface area contributed by atoms with Crippen LogP contribution in [0, 0.1) is 5.41 Å². The Morgan fingerprint density at radius 2 is 1.95 bits per heavy atom. The smallest absolute Gasteiger partial charge is 0.307 e. The Kier molecular flexibility index (Phi) is 5.54. The third-order valence-electron chi connectivity index (χ3n) is 5.07. The highest BCUT2D eigenvalue weighted by Gasteiger charge is 2.56. The molecule has 2 aliphatic carbocycles. The Morgan fingerprint density at radius 1 is 1.32 bits per heavy atom. The minimum Gasteiger partial charge on any atom is -0.460 e. The summed E-state index contributed by atoms with van der Waals surface area (Å²) in [4.78, 5) is 11.9. The molecule has 0 saturated heterocycles. The zero-order valence-electron chi connectivity index (χ0n) is 14.9. The monoisotopic (exact) mass is 311 g/mol. The molecule has 2 rings (SSSR count). The lowest BCUT2D eigenvalue weighted by molar-refractivity contribution is -0.156. The molecule has 0 heterocycles. The molecular weight excluding hydrogens is 278 g/mol. The van der Waals surface area contributed by atoms with Crippen molar-refractivity contribution in [2.45, 2.75) is 96.9 Å². The Hall–Kier alpha value is -0.610. The Balaban J connectivity index is 1.84. The van der Waals surface area contributed by atoms with E-state index < -0.39 is 5.60 Å². The van der Waals surface area contributed by atoms with Crippen molar-refractivity contribution in [1.82, 2.24) is 5.32 Å². The predicted molar refractivity (Wildman–Crippen MR) is 87.8 cm³/mol. The zero-order valence-corrected chi connectivity index (χ0v) is 14.9. The van der Waals surface area contributed by atoms with Crippen LogP contribution in [0.1, 0.15) is 73.1 Å². The molecule has 0 aliphatic heterocycles. The predicted octanol–water partition coefficient (Wildman–Crippen LogP) is 3.43. The molecule has 0 aromatic carbocycles. The van der Waals surface area contributed by atoms with Crippen LogP contribution in [0.25, 0.3) is 0 Å². The van der Waals surface area contributed by atoms with E-state index in [0.717, 1.165) is 13.0 Å². The van der Waals surface area contributed by atoms with Crippen molar-refractivity contribution in [2.24, 2.45) is 5.41 Å². The van der Waals surface area contributed by atoms with E-state index in [-0.39, 0.29) is 12.0 Å². The molecule has 1 spiro atoms. The molecule has 4 nitrogen and oxygen atoms in total. The highest BCUT2D eigenvalue weighted by molar-refractivity contribution is 5.70. The summed E-state index contributed by atoms with van der Waals surface area (Å²) < 4.78 is 11.4. The first-order valence-corrected chi connectivity index (χ1v) is 8.86. The first-order valence-electron chi connectivity index (χ1n) is 8.86. The van der Waals surface area contributed by atoms with Gasteiger partial charge in [-0.15, -0.1) is 0 Å². The molecule has 2 fully saturated rings. The van der Waals surface area contributed by atoms with Gasteiger partial charge >= 0.3 is 5.97 Å². The van der Waals surface area contributed by atoms with Gasteiger partial charge in [-0.25, -0.2) is 0 Å². The second-order valence-corrected chi connectivity index (χ2v) is 8.03. The molecule has 2 saturated carbocycles. The zero-order chi connectivity index (χ0) is 16.4. The van der Waals surface area contributed by atoms with E-state index in [9.17, 15) is 4.79 Å². The van der Waals surface area contributed by atoms with Crippen LogP contribution in [0.2, 0.25) is 0 Å². The van der Waals surface area contributed by atoms with Crippen molar-refractivity contribution in [3.63, 3.8) is 0 Å². The maximum absolute atomic E-state index is 11.9. The molecule has 0 amide bonds. The van der Waals surface area contributed by atoms with Crippen molar-refractivity contribution in [3.05, 3.63) is 0 Å². The highest BCUT2D eigenvalue weighted by atomic mass is 16.6. The minimum absolute atomic E-state index is 0.117. The second kappa shape index (κ2) is 6.88. The van der Waals surface area contributed by atoms with Crippen molar-refractivity contribution < 1.29 is 14.3 Å². The van der Waals surface area contributed by atoms with Crippen molar-refractivity contribution in [3.8, 4) is 0 Å². The highest BCUT2D eigenvalue weighted by Crippen LogP contribution is 2.54. The number of esters is 1. The Labute approximate surface area is 135 Å². The summed E-state index contributed by atoms with van der Waals surface area (Å²) in [7, 11) is 0. The van der Waals surface area contributed by atoms with Gasteiger partial charge in [0.25, 0.3) is 0 Å². The van der Waals surface area contributed by atoms with Gasteiger partial charge in [-0.05, 0) is 53.9 Å². The first-order chi connectivity index (χ1) is 10.3. The number of rotatable bonds is 6. The normalized spacial score (nSPS) is 28.4. The summed E-state index contributed by atoms with van der Waals surface area (Å²) in [6, 6.07) is 0.642. The summed E-state index contributed by atoms with van der Waals surface area (Å²) in [5, 5.41) is 3.67. The second-order valence-electron chi connectivity index (χ2n) is 8.03. The Bertz CT molecular complexity index is 382. The number of carbonyl (C=O) groups excluding carboxylic acids is 1. The van der Waals surface area contributed by atoms with E-state index in [1.165, 1.54) is 25.7 Å². The molecular formula is C18H33NO3. The molecule has 0 radical (unpaired) electrons. The van der Waals surface area contributed by atoms with E-state index in [4.69, 9.17) is 9.47 Å². The summed E-state index contributed by atoms with van der Waals surface area (Å²) in [5.74, 6) is -0.117. The van der Waals surface area contributed by atoms with Crippen LogP contribution < -0.4 is 5.32 Å². The molecule has 0 unspecified atom stereocenters. The number of hydrogen-bond donors (Lipinski definition) is 1. The van der Waals surface area contributed by atoms with Gasteiger partial charge in [0.15, 0.2) is 0 Å². The van der Waals surface area contributed by atoms with Gasteiger partial charge in [0.2, 0.25) is 0 Å². The molecule has 2 aliphatic rings. The average molecular weight is 311 g/mol. The maximum Gasteiger partial charge on any atom is 0.307 e. The van der Waals surface area contributed by atoms with E-state index in [1.54, 1.807) is 0 Å². The van der Waals surface area contributed by atoms with Gasteiger partial charge in [0.1, 0.15) is 5.60 Å². The fraction of sp³-hybridized carbons (Fsp3) is 0.944. The number of hydrogen-bond acceptors (Lipinski definition) is 4. The van der Waals surface area contributed by atoms with Gasteiger partial charge in [-0.1, -0.05) is 12.8 Å². The standard InChI is InChI=1S/C18H33NO3/c1-6-21-15-12-14(18(15)9-7-8-10-18)19-13(2)11-16(20)22-17(3,4)5/h13-15,19H,6-12H2,1-5H3/t13-,14-,15+/m0/s1. The number of nitrogens with one attached hydrogen (secondary N) is 1. The van der Waals surface area contributed by atoms with Gasteiger partial charge < -0.3 is 14.8 Å². The first kappa shape index (κ1) is 17.7. The topological polar surface area (TPSA) is 47.6 Å². The third kappa shape index (κ3) is 4.02. The van der Waals surface area contributed by atoms with Crippen LogP contribution in [0.15, 0.2) is 0 Å². The number of carbonyl (C=O) groups is 1. The molecule has 1 N–H and O–H groups in total. The molecule has 3 atom stereocenters. The quantitative estimate of drug-likeness (QED) is 0.763. The molecule has 0 bridgehead atoms. The van der Waals surface area contributed by atoms with Crippen molar-refractivity contribution in [1.29, 1.82) is 0 Å². The summed E-state index contributed by atoms with van der Waals surface area (Å²) in [5.41, 5.74) is -0.0851. The minimum atomic E-state index is -0.403. The largest absolute Gasteiger partial charge is 0.460 e. The lowest BCUT2D eigenvalue weighted by Gasteiger charge is -2.55. The molecule has 128 valence electrons. The summed E-state index contributed by atoms with van der Waals surface area (Å²) in [6.07, 6.45) is 7.05. The molecule has 4 heteroatoms. The number of ether oxygens (including phenoxy) is 2. The third-order valence-corrected chi connectivity index (χ3v) is 5.07. The van der Waals surface area contributed by atoms with Crippen LogP contribution in [0.3, 0.4) is 0 Å². The van der Waals surface area contributed by atoms with Crippen LogP contribution in [-0.4, -0.2) is 36.4 Å². The molecule has 22 heavy (non-hydrogen) atoms. The van der Waals surface area contributed by atoms with Crippen molar-refractivity contribution >= 4 is 5.97 Å². The van der Waals surface area contributed by atoms with Crippen LogP contribution in [-0.2, 0) is 14.3 Å². The van der Waals surface area contributed by atoms with Gasteiger partial charge in [-0.2, -0.15) is 0 Å². The summed E-state index contributed by atoms with van der Waals surface area (Å²) in [6.45, 7) is 10.7. The average Bonchev–Trinajstić information content (AvgIpc) is 2.87. The van der Waals surface area contributed by atoms with E-state index in [1.807, 2.05) is 20.8 Å². The SMILES string of the molecule is CCO[C@@H]1C[C@H](N[C@@H](C)CC(=O)OC(C)(C)C)C12CCCC2. The van der Waals surface area contributed by atoms with Crippen LogP contribution in [0.5, 0.6) is 0 Å². The van der Waals surface area contributed by atoms with Gasteiger partial charge in [0, 0.05) is 24.1 Å². The van der Waals surface area contributed by atoms with E-state index in [0.29, 0.717) is 24.0 Å². The van der Waals surface area contributed by atoms with E-state index in [2.05, 4.69) is 19.2 Å². The van der Waals surface area contributed by atoms with Crippen LogP contribution >= 0.6 is 0 Å².